The van der Waals surface area contributed by atoms with Gasteiger partial charge in [-0.25, -0.2) is 9.48 Å². The first-order valence-electron chi connectivity index (χ1n) is 9.89. The first-order valence-corrected chi connectivity index (χ1v) is 10.8. The SMILES string of the molecule is CCNC(=NCC(C)c1ccsc1)NCCCn1nc2n(c1=O)CCCC2. The second-order valence-electron chi connectivity index (χ2n) is 6.99. The lowest BCUT2D eigenvalue weighted by Gasteiger charge is -2.13. The minimum atomic E-state index is 0.0369. The smallest absolute Gasteiger partial charge is 0.345 e. The van der Waals surface area contributed by atoms with Crippen LogP contribution >= 0.6 is 11.3 Å². The van der Waals surface area contributed by atoms with Crippen molar-refractivity contribution in [2.75, 3.05) is 19.6 Å². The number of rotatable bonds is 8. The molecule has 2 aromatic heterocycles. The van der Waals surface area contributed by atoms with Crippen molar-refractivity contribution in [2.45, 2.75) is 58.5 Å². The van der Waals surface area contributed by atoms with Crippen LogP contribution in [-0.4, -0.2) is 39.9 Å². The maximum atomic E-state index is 12.3. The summed E-state index contributed by atoms with van der Waals surface area (Å²) in [6.07, 6.45) is 3.96. The van der Waals surface area contributed by atoms with Crippen molar-refractivity contribution in [3.63, 3.8) is 0 Å². The Balaban J connectivity index is 1.47. The van der Waals surface area contributed by atoms with E-state index in [1.807, 2.05) is 4.57 Å². The summed E-state index contributed by atoms with van der Waals surface area (Å²) in [6, 6.07) is 2.16. The number of nitrogens with one attached hydrogen (secondary N) is 2. The molecule has 0 aliphatic carbocycles. The summed E-state index contributed by atoms with van der Waals surface area (Å²) in [4.78, 5) is 17.0. The third-order valence-corrected chi connectivity index (χ3v) is 5.55. The molecule has 1 atom stereocenters. The number of aliphatic imine (C=N–C) groups is 1. The molecule has 0 radical (unpaired) electrons. The van der Waals surface area contributed by atoms with Crippen molar-refractivity contribution in [3.8, 4) is 0 Å². The van der Waals surface area contributed by atoms with Gasteiger partial charge < -0.3 is 10.6 Å². The maximum absolute atomic E-state index is 12.3. The number of guanidine groups is 1. The van der Waals surface area contributed by atoms with E-state index in [2.05, 4.69) is 46.4 Å². The summed E-state index contributed by atoms with van der Waals surface area (Å²) in [5.74, 6) is 2.18. The zero-order chi connectivity index (χ0) is 19.1. The fourth-order valence-electron chi connectivity index (χ4n) is 3.26. The number of aryl methyl sites for hydroxylation is 2. The highest BCUT2D eigenvalue weighted by molar-refractivity contribution is 7.07. The molecule has 2 aromatic rings. The van der Waals surface area contributed by atoms with Gasteiger partial charge in [0.15, 0.2) is 5.96 Å². The highest BCUT2D eigenvalue weighted by atomic mass is 32.1. The van der Waals surface area contributed by atoms with Gasteiger partial charge in [0.2, 0.25) is 0 Å². The third-order valence-electron chi connectivity index (χ3n) is 4.85. The molecule has 148 valence electrons. The topological polar surface area (TPSA) is 76.2 Å². The normalized spacial score (nSPS) is 15.4. The number of hydrogen-bond donors (Lipinski definition) is 2. The number of hydrogen-bond acceptors (Lipinski definition) is 4. The zero-order valence-electron chi connectivity index (χ0n) is 16.3. The fraction of sp³-hybridized carbons (Fsp3) is 0.632. The van der Waals surface area contributed by atoms with E-state index < -0.39 is 0 Å². The van der Waals surface area contributed by atoms with E-state index in [4.69, 9.17) is 4.99 Å². The Kier molecular flexibility index (Phi) is 7.09. The van der Waals surface area contributed by atoms with Gasteiger partial charge in [0.25, 0.3) is 0 Å². The zero-order valence-corrected chi connectivity index (χ0v) is 17.1. The summed E-state index contributed by atoms with van der Waals surface area (Å²) in [5, 5.41) is 15.4. The van der Waals surface area contributed by atoms with E-state index in [0.29, 0.717) is 12.5 Å². The largest absolute Gasteiger partial charge is 0.357 e. The van der Waals surface area contributed by atoms with Gasteiger partial charge in [-0.2, -0.15) is 16.4 Å². The van der Waals surface area contributed by atoms with Gasteiger partial charge in [-0.1, -0.05) is 6.92 Å². The molecular weight excluding hydrogens is 360 g/mol. The molecule has 27 heavy (non-hydrogen) atoms. The van der Waals surface area contributed by atoms with Crippen LogP contribution in [0.15, 0.2) is 26.6 Å². The van der Waals surface area contributed by atoms with Crippen molar-refractivity contribution < 1.29 is 0 Å². The summed E-state index contributed by atoms with van der Waals surface area (Å²) >= 11 is 1.72. The fourth-order valence-corrected chi connectivity index (χ4v) is 4.04. The molecule has 3 heterocycles. The minimum absolute atomic E-state index is 0.0369. The van der Waals surface area contributed by atoms with Crippen LogP contribution in [0.3, 0.4) is 0 Å². The Bertz CT molecular complexity index is 792. The standard InChI is InChI=1S/C19H30N6OS/c1-3-20-18(22-13-15(2)16-8-12-27-14-16)21-9-6-11-25-19(26)24-10-5-4-7-17(24)23-25/h8,12,14-15H,3-7,9-11,13H2,1-2H3,(H2,20,21,22). The molecular formula is C19H30N6OS. The van der Waals surface area contributed by atoms with Gasteiger partial charge in [0.1, 0.15) is 5.82 Å². The van der Waals surface area contributed by atoms with E-state index in [9.17, 15) is 4.79 Å². The van der Waals surface area contributed by atoms with Crippen LogP contribution in [0.25, 0.3) is 0 Å². The molecule has 0 saturated heterocycles. The molecule has 0 bridgehead atoms. The van der Waals surface area contributed by atoms with E-state index in [1.54, 1.807) is 16.0 Å². The predicted octanol–water partition coefficient (Wildman–Crippen LogP) is 2.19. The summed E-state index contributed by atoms with van der Waals surface area (Å²) < 4.78 is 3.44. The lowest BCUT2D eigenvalue weighted by Crippen LogP contribution is -2.38. The molecule has 0 spiro atoms. The van der Waals surface area contributed by atoms with Crippen LogP contribution in [0.4, 0.5) is 0 Å². The van der Waals surface area contributed by atoms with E-state index in [1.165, 1.54) is 5.56 Å². The van der Waals surface area contributed by atoms with Gasteiger partial charge >= 0.3 is 5.69 Å². The van der Waals surface area contributed by atoms with Gasteiger partial charge in [0, 0.05) is 45.1 Å². The minimum Gasteiger partial charge on any atom is -0.357 e. The first kappa shape index (κ1) is 19.7. The van der Waals surface area contributed by atoms with Crippen LogP contribution < -0.4 is 16.3 Å². The highest BCUT2D eigenvalue weighted by Gasteiger charge is 2.16. The van der Waals surface area contributed by atoms with Crippen LogP contribution in [-0.2, 0) is 19.5 Å². The molecule has 8 heteroatoms. The number of nitrogens with zero attached hydrogens (tertiary/aromatic N) is 4. The van der Waals surface area contributed by atoms with Crippen molar-refractivity contribution in [1.82, 2.24) is 25.0 Å². The second-order valence-corrected chi connectivity index (χ2v) is 7.77. The molecule has 0 saturated carbocycles. The molecule has 1 unspecified atom stereocenters. The molecule has 0 aromatic carbocycles. The molecule has 1 aliphatic heterocycles. The summed E-state index contributed by atoms with van der Waals surface area (Å²) in [7, 11) is 0. The summed E-state index contributed by atoms with van der Waals surface area (Å²) in [5.41, 5.74) is 1.37. The van der Waals surface area contributed by atoms with Crippen LogP contribution in [0.1, 0.15) is 50.4 Å². The predicted molar refractivity (Wildman–Crippen MR) is 111 cm³/mol. The van der Waals surface area contributed by atoms with Crippen LogP contribution in [0.2, 0.25) is 0 Å². The Labute approximate surface area is 164 Å². The molecule has 0 amide bonds. The molecule has 3 rings (SSSR count). The second kappa shape index (κ2) is 9.73. The van der Waals surface area contributed by atoms with Gasteiger partial charge in [-0.15, -0.1) is 0 Å². The monoisotopic (exact) mass is 390 g/mol. The average molecular weight is 391 g/mol. The Morgan fingerprint density at radius 3 is 3.04 bits per heavy atom. The lowest BCUT2D eigenvalue weighted by molar-refractivity contribution is 0.509. The van der Waals surface area contributed by atoms with E-state index in [0.717, 1.165) is 63.6 Å². The Morgan fingerprint density at radius 1 is 1.41 bits per heavy atom. The third kappa shape index (κ3) is 5.22. The Hall–Kier alpha value is -2.09. The maximum Gasteiger partial charge on any atom is 0.345 e. The van der Waals surface area contributed by atoms with E-state index >= 15 is 0 Å². The molecule has 0 fully saturated rings. The highest BCUT2D eigenvalue weighted by Crippen LogP contribution is 2.18. The number of fused-ring (bicyclic) bond motifs is 1. The molecule has 7 nitrogen and oxygen atoms in total. The lowest BCUT2D eigenvalue weighted by atomic mass is 10.1. The van der Waals surface area contributed by atoms with Gasteiger partial charge in [0.05, 0.1) is 0 Å². The Morgan fingerprint density at radius 2 is 2.30 bits per heavy atom. The first-order chi connectivity index (χ1) is 13.2. The van der Waals surface area contributed by atoms with Crippen molar-refractivity contribution >= 4 is 17.3 Å². The van der Waals surface area contributed by atoms with Crippen molar-refractivity contribution in [2.24, 2.45) is 4.99 Å². The summed E-state index contributed by atoms with van der Waals surface area (Å²) in [6.45, 7) is 8.04. The average Bonchev–Trinajstić information content (AvgIpc) is 3.32. The molecule has 1 aliphatic rings. The van der Waals surface area contributed by atoms with Crippen molar-refractivity contribution in [1.29, 1.82) is 0 Å². The van der Waals surface area contributed by atoms with Crippen LogP contribution in [0.5, 0.6) is 0 Å². The van der Waals surface area contributed by atoms with Gasteiger partial charge in [-0.05, 0) is 48.6 Å². The molecule has 2 N–H and O–H groups in total. The number of thiophene rings is 1. The van der Waals surface area contributed by atoms with E-state index in [-0.39, 0.29) is 5.69 Å². The van der Waals surface area contributed by atoms with Crippen molar-refractivity contribution in [3.05, 3.63) is 38.7 Å². The van der Waals surface area contributed by atoms with Crippen LogP contribution in [0, 0.1) is 0 Å². The quantitative estimate of drug-likeness (QED) is 0.412. The van der Waals surface area contributed by atoms with Gasteiger partial charge in [-0.3, -0.25) is 9.56 Å². The number of aromatic nitrogens is 3.